The van der Waals surface area contributed by atoms with Crippen LogP contribution in [0, 0.1) is 0 Å². The van der Waals surface area contributed by atoms with Crippen molar-refractivity contribution in [3.8, 4) is 0 Å². The summed E-state index contributed by atoms with van der Waals surface area (Å²) in [6.07, 6.45) is 5.23. The van der Waals surface area contributed by atoms with Crippen LogP contribution >= 0.6 is 0 Å². The molecule has 64 valence electrons. The zero-order valence-corrected chi connectivity index (χ0v) is 7.32. The molecule has 0 bridgehead atoms. The van der Waals surface area contributed by atoms with Gasteiger partial charge in [-0.2, -0.15) is 5.10 Å². The molecule has 12 heavy (non-hydrogen) atoms. The molecule has 0 unspecified atom stereocenters. The molecule has 2 saturated carbocycles. The Morgan fingerprint density at radius 3 is 2.42 bits per heavy atom. The maximum absolute atomic E-state index is 4.59. The van der Waals surface area contributed by atoms with E-state index in [1.54, 1.807) is 0 Å². The van der Waals surface area contributed by atoms with Crippen LogP contribution in [0.2, 0.25) is 0 Å². The molecule has 2 fully saturated rings. The second-order valence-electron chi connectivity index (χ2n) is 4.00. The third-order valence-corrected chi connectivity index (χ3v) is 2.70. The van der Waals surface area contributed by atoms with Crippen LogP contribution in [0.15, 0.2) is 0 Å². The molecule has 0 aromatic carbocycles. The molecule has 0 saturated heterocycles. The molecular weight excluding hydrogens is 150 g/mol. The Hall–Kier alpha value is -0.860. The van der Waals surface area contributed by atoms with E-state index in [0.717, 1.165) is 11.7 Å². The average Bonchev–Trinajstić information content (AvgIpc) is 2.93. The zero-order chi connectivity index (χ0) is 8.13. The predicted octanol–water partition coefficient (Wildman–Crippen LogP) is 1.57. The van der Waals surface area contributed by atoms with Gasteiger partial charge < -0.3 is 0 Å². The van der Waals surface area contributed by atoms with Gasteiger partial charge in [0.2, 0.25) is 0 Å². The Kier molecular flexibility index (Phi) is 1.15. The van der Waals surface area contributed by atoms with E-state index in [2.05, 4.69) is 10.1 Å². The van der Waals surface area contributed by atoms with Crippen LogP contribution in [0.25, 0.3) is 0 Å². The van der Waals surface area contributed by atoms with Crippen molar-refractivity contribution in [2.75, 3.05) is 0 Å². The number of nitrogens with zero attached hydrogens (tertiary/aromatic N) is 3. The van der Waals surface area contributed by atoms with Gasteiger partial charge in [-0.05, 0) is 25.7 Å². The molecule has 0 aliphatic heterocycles. The highest BCUT2D eigenvalue weighted by Gasteiger charge is 2.33. The molecule has 1 aromatic rings. The summed E-state index contributed by atoms with van der Waals surface area (Å²) in [4.78, 5) is 4.59. The topological polar surface area (TPSA) is 30.7 Å². The fourth-order valence-corrected chi connectivity index (χ4v) is 1.63. The minimum absolute atomic E-state index is 0.698. The van der Waals surface area contributed by atoms with Crippen LogP contribution in [0.1, 0.15) is 49.2 Å². The molecule has 0 amide bonds. The van der Waals surface area contributed by atoms with E-state index in [1.165, 1.54) is 31.5 Å². The lowest BCUT2D eigenvalue weighted by Crippen LogP contribution is -1.96. The molecule has 1 aromatic heterocycles. The van der Waals surface area contributed by atoms with Gasteiger partial charge in [0.25, 0.3) is 0 Å². The van der Waals surface area contributed by atoms with Crippen LogP contribution in [-0.2, 0) is 7.05 Å². The summed E-state index contributed by atoms with van der Waals surface area (Å²) in [6.45, 7) is 0. The van der Waals surface area contributed by atoms with Crippen molar-refractivity contribution in [2.45, 2.75) is 37.5 Å². The lowest BCUT2D eigenvalue weighted by molar-refractivity contribution is 0.696. The van der Waals surface area contributed by atoms with Gasteiger partial charge in [-0.25, -0.2) is 4.98 Å². The maximum Gasteiger partial charge on any atom is 0.154 e. The third-order valence-electron chi connectivity index (χ3n) is 2.70. The number of hydrogen-bond acceptors (Lipinski definition) is 2. The Morgan fingerprint density at radius 2 is 1.83 bits per heavy atom. The first-order valence-electron chi connectivity index (χ1n) is 4.75. The van der Waals surface area contributed by atoms with E-state index in [9.17, 15) is 0 Å². The second kappa shape index (κ2) is 2.09. The van der Waals surface area contributed by atoms with Gasteiger partial charge in [0, 0.05) is 18.9 Å². The van der Waals surface area contributed by atoms with Gasteiger partial charge >= 0.3 is 0 Å². The van der Waals surface area contributed by atoms with Gasteiger partial charge in [0.05, 0.1) is 0 Å². The van der Waals surface area contributed by atoms with E-state index in [4.69, 9.17) is 0 Å². The van der Waals surface area contributed by atoms with Gasteiger partial charge in [-0.1, -0.05) is 0 Å². The van der Waals surface area contributed by atoms with Crippen LogP contribution in [-0.4, -0.2) is 14.8 Å². The molecule has 0 atom stereocenters. The monoisotopic (exact) mass is 163 g/mol. The average molecular weight is 163 g/mol. The molecule has 2 aliphatic carbocycles. The summed E-state index contributed by atoms with van der Waals surface area (Å²) in [5.41, 5.74) is 0. The normalized spacial score (nSPS) is 23.1. The number of aromatic nitrogens is 3. The van der Waals surface area contributed by atoms with Gasteiger partial charge in [-0.15, -0.1) is 0 Å². The Balaban J connectivity index is 1.96. The number of rotatable bonds is 2. The molecular formula is C9H13N3. The summed E-state index contributed by atoms with van der Waals surface area (Å²) >= 11 is 0. The van der Waals surface area contributed by atoms with Crippen molar-refractivity contribution in [2.24, 2.45) is 7.05 Å². The van der Waals surface area contributed by atoms with Crippen molar-refractivity contribution in [1.82, 2.24) is 14.8 Å². The zero-order valence-electron chi connectivity index (χ0n) is 7.32. The van der Waals surface area contributed by atoms with Crippen molar-refractivity contribution >= 4 is 0 Å². The number of hydrogen-bond donors (Lipinski definition) is 0. The smallest absolute Gasteiger partial charge is 0.154 e. The second-order valence-corrected chi connectivity index (χ2v) is 4.00. The Labute approximate surface area is 71.8 Å². The summed E-state index contributed by atoms with van der Waals surface area (Å²) in [7, 11) is 2.02. The summed E-state index contributed by atoms with van der Waals surface area (Å²) in [5.74, 6) is 3.75. The molecule has 0 spiro atoms. The largest absolute Gasteiger partial charge is 0.253 e. The number of aryl methyl sites for hydroxylation is 1. The summed E-state index contributed by atoms with van der Waals surface area (Å²) in [6, 6.07) is 0. The SMILES string of the molecule is Cn1nc(C2CC2)nc1C1CC1. The highest BCUT2D eigenvalue weighted by atomic mass is 15.3. The fraction of sp³-hybridized carbons (Fsp3) is 0.778. The highest BCUT2D eigenvalue weighted by molar-refractivity contribution is 5.11. The molecule has 2 aliphatic rings. The van der Waals surface area contributed by atoms with Crippen molar-refractivity contribution in [3.63, 3.8) is 0 Å². The third kappa shape index (κ3) is 0.958. The first-order chi connectivity index (χ1) is 5.84. The minimum Gasteiger partial charge on any atom is -0.253 e. The van der Waals surface area contributed by atoms with Crippen molar-refractivity contribution < 1.29 is 0 Å². The van der Waals surface area contributed by atoms with Gasteiger partial charge in [-0.3, -0.25) is 4.68 Å². The van der Waals surface area contributed by atoms with Gasteiger partial charge in [0.15, 0.2) is 5.82 Å². The first kappa shape index (κ1) is 6.63. The Bertz CT molecular complexity index is 308. The van der Waals surface area contributed by atoms with E-state index >= 15 is 0 Å². The summed E-state index contributed by atoms with van der Waals surface area (Å²) < 4.78 is 1.98. The molecule has 0 radical (unpaired) electrons. The van der Waals surface area contributed by atoms with E-state index in [-0.39, 0.29) is 0 Å². The first-order valence-corrected chi connectivity index (χ1v) is 4.75. The van der Waals surface area contributed by atoms with E-state index < -0.39 is 0 Å². The quantitative estimate of drug-likeness (QED) is 0.662. The van der Waals surface area contributed by atoms with E-state index in [1.807, 2.05) is 11.7 Å². The Morgan fingerprint density at radius 1 is 1.17 bits per heavy atom. The predicted molar refractivity (Wildman–Crippen MR) is 45.0 cm³/mol. The standard InChI is InChI=1S/C9H13N3/c1-12-9(7-4-5-7)10-8(11-12)6-2-3-6/h6-7H,2-5H2,1H3. The van der Waals surface area contributed by atoms with E-state index in [0.29, 0.717) is 5.92 Å². The fourth-order valence-electron chi connectivity index (χ4n) is 1.63. The lowest BCUT2D eigenvalue weighted by Gasteiger charge is -1.92. The van der Waals surface area contributed by atoms with Gasteiger partial charge in [0.1, 0.15) is 5.82 Å². The maximum atomic E-state index is 4.59. The van der Waals surface area contributed by atoms with Crippen LogP contribution < -0.4 is 0 Å². The molecule has 1 heterocycles. The lowest BCUT2D eigenvalue weighted by atomic mass is 10.4. The molecule has 0 N–H and O–H groups in total. The van der Waals surface area contributed by atoms with Crippen molar-refractivity contribution in [1.29, 1.82) is 0 Å². The molecule has 3 heteroatoms. The van der Waals surface area contributed by atoms with Crippen LogP contribution in [0.3, 0.4) is 0 Å². The molecule has 3 rings (SSSR count). The minimum atomic E-state index is 0.698. The van der Waals surface area contributed by atoms with Crippen LogP contribution in [0.4, 0.5) is 0 Å². The molecule has 3 nitrogen and oxygen atoms in total. The van der Waals surface area contributed by atoms with Crippen molar-refractivity contribution in [3.05, 3.63) is 11.6 Å². The van der Waals surface area contributed by atoms with Crippen LogP contribution in [0.5, 0.6) is 0 Å². The summed E-state index contributed by atoms with van der Waals surface area (Å²) in [5, 5.41) is 4.44. The highest BCUT2D eigenvalue weighted by Crippen LogP contribution is 2.42.